The lowest BCUT2D eigenvalue weighted by Crippen LogP contribution is -2.38. The van der Waals surface area contributed by atoms with Gasteiger partial charge in [0.25, 0.3) is 5.91 Å². The first-order valence-corrected chi connectivity index (χ1v) is 7.97. The van der Waals surface area contributed by atoms with Gasteiger partial charge in [0.15, 0.2) is 6.61 Å². The number of halogens is 1. The van der Waals surface area contributed by atoms with Crippen molar-refractivity contribution in [2.75, 3.05) is 17.2 Å². The molecule has 5 nitrogen and oxygen atoms in total. The second kappa shape index (κ2) is 6.53. The topological polar surface area (TPSA) is 72.6 Å². The molecule has 0 aliphatic carbocycles. The van der Waals surface area contributed by atoms with Gasteiger partial charge in [-0.2, -0.15) is 0 Å². The number of nitrogens with zero attached hydrogens (tertiary/aromatic N) is 1. The molecule has 2 aromatic carbocycles. The zero-order valence-electron chi connectivity index (χ0n) is 13.2. The third kappa shape index (κ3) is 3.08. The van der Waals surface area contributed by atoms with Gasteiger partial charge in [0.05, 0.1) is 16.3 Å². The molecule has 124 valence electrons. The molecule has 0 unspecified atom stereocenters. The number of para-hydroxylation sites is 1. The average molecular weight is 345 g/mol. The number of ether oxygens (including phenoxy) is 1. The molecule has 6 heteroatoms. The number of amides is 1. The van der Waals surface area contributed by atoms with Crippen LogP contribution >= 0.6 is 11.6 Å². The molecule has 0 saturated heterocycles. The van der Waals surface area contributed by atoms with E-state index < -0.39 is 5.97 Å². The Morgan fingerprint density at radius 3 is 2.79 bits per heavy atom. The molecule has 2 N–H and O–H groups in total. The van der Waals surface area contributed by atoms with Crippen LogP contribution in [0.4, 0.5) is 11.4 Å². The van der Waals surface area contributed by atoms with Gasteiger partial charge in [0, 0.05) is 11.7 Å². The van der Waals surface area contributed by atoms with Gasteiger partial charge in [-0.3, -0.25) is 4.79 Å². The summed E-state index contributed by atoms with van der Waals surface area (Å²) in [7, 11) is 0. The highest BCUT2D eigenvalue weighted by Crippen LogP contribution is 2.31. The number of nitrogen functional groups attached to an aromatic ring is 1. The predicted octanol–water partition coefficient (Wildman–Crippen LogP) is 3.06. The molecule has 1 amide bonds. The molecule has 0 saturated carbocycles. The minimum atomic E-state index is -0.605. The highest BCUT2D eigenvalue weighted by molar-refractivity contribution is 6.33. The SMILES string of the molecule is C[C@H]1Cc2ccccc2N1C(=O)COC(=O)c1ccc(Cl)c(N)c1. The Bertz CT molecular complexity index is 807. The minimum Gasteiger partial charge on any atom is -0.452 e. The van der Waals surface area contributed by atoms with E-state index in [1.54, 1.807) is 4.90 Å². The molecule has 2 aromatic rings. The monoisotopic (exact) mass is 344 g/mol. The average Bonchev–Trinajstić information content (AvgIpc) is 2.90. The van der Waals surface area contributed by atoms with Crippen LogP contribution < -0.4 is 10.6 Å². The summed E-state index contributed by atoms with van der Waals surface area (Å²) >= 11 is 5.82. The summed E-state index contributed by atoms with van der Waals surface area (Å²) in [6.45, 7) is 1.65. The van der Waals surface area contributed by atoms with Crippen molar-refractivity contribution in [3.8, 4) is 0 Å². The number of fused-ring (bicyclic) bond motifs is 1. The Morgan fingerprint density at radius 2 is 2.04 bits per heavy atom. The van der Waals surface area contributed by atoms with Gasteiger partial charge in [0.2, 0.25) is 0 Å². The van der Waals surface area contributed by atoms with Crippen LogP contribution in [0.1, 0.15) is 22.8 Å². The summed E-state index contributed by atoms with van der Waals surface area (Å²) in [4.78, 5) is 26.2. The summed E-state index contributed by atoms with van der Waals surface area (Å²) in [5, 5.41) is 0.366. The second-order valence-electron chi connectivity index (χ2n) is 5.76. The number of anilines is 2. The second-order valence-corrected chi connectivity index (χ2v) is 6.17. The summed E-state index contributed by atoms with van der Waals surface area (Å²) < 4.78 is 5.13. The number of rotatable bonds is 3. The maximum Gasteiger partial charge on any atom is 0.338 e. The van der Waals surface area contributed by atoms with E-state index in [0.717, 1.165) is 17.7 Å². The summed E-state index contributed by atoms with van der Waals surface area (Å²) in [6, 6.07) is 12.3. The zero-order chi connectivity index (χ0) is 17.3. The summed E-state index contributed by atoms with van der Waals surface area (Å²) in [5.41, 5.74) is 8.22. The van der Waals surface area contributed by atoms with Gasteiger partial charge in [-0.05, 0) is 43.2 Å². The van der Waals surface area contributed by atoms with Crippen molar-refractivity contribution in [3.05, 3.63) is 58.6 Å². The fraction of sp³-hybridized carbons (Fsp3) is 0.222. The third-order valence-electron chi connectivity index (χ3n) is 4.03. The molecule has 0 spiro atoms. The molecule has 0 fully saturated rings. The Balaban J connectivity index is 1.67. The lowest BCUT2D eigenvalue weighted by atomic mass is 10.1. The van der Waals surface area contributed by atoms with Gasteiger partial charge in [-0.25, -0.2) is 4.79 Å². The molecule has 1 aliphatic heterocycles. The van der Waals surface area contributed by atoms with Crippen LogP contribution in [-0.2, 0) is 16.0 Å². The first kappa shape index (κ1) is 16.3. The first-order chi connectivity index (χ1) is 11.5. The van der Waals surface area contributed by atoms with E-state index in [0.29, 0.717) is 10.7 Å². The number of carbonyl (C=O) groups excluding carboxylic acids is 2. The Hall–Kier alpha value is -2.53. The maximum atomic E-state index is 12.5. The summed E-state index contributed by atoms with van der Waals surface area (Å²) in [5.74, 6) is -0.852. The van der Waals surface area contributed by atoms with E-state index in [-0.39, 0.29) is 24.1 Å². The van der Waals surface area contributed by atoms with Crippen LogP contribution in [0.2, 0.25) is 5.02 Å². The lowest BCUT2D eigenvalue weighted by Gasteiger charge is -2.22. The number of esters is 1. The third-order valence-corrected chi connectivity index (χ3v) is 4.38. The highest BCUT2D eigenvalue weighted by atomic mass is 35.5. The first-order valence-electron chi connectivity index (χ1n) is 7.59. The van der Waals surface area contributed by atoms with Crippen LogP contribution in [0.25, 0.3) is 0 Å². The number of carbonyl (C=O) groups is 2. The van der Waals surface area contributed by atoms with Gasteiger partial charge in [-0.15, -0.1) is 0 Å². The smallest absolute Gasteiger partial charge is 0.338 e. The number of nitrogens with two attached hydrogens (primary N) is 1. The van der Waals surface area contributed by atoms with Crippen molar-refractivity contribution in [2.45, 2.75) is 19.4 Å². The zero-order valence-corrected chi connectivity index (χ0v) is 13.9. The molecule has 0 bridgehead atoms. The molecular formula is C18H17ClN2O3. The number of benzene rings is 2. The fourth-order valence-electron chi connectivity index (χ4n) is 2.90. The van der Waals surface area contributed by atoms with E-state index >= 15 is 0 Å². The van der Waals surface area contributed by atoms with Crippen molar-refractivity contribution in [1.82, 2.24) is 0 Å². The predicted molar refractivity (Wildman–Crippen MR) is 93.2 cm³/mol. The number of hydrogen-bond acceptors (Lipinski definition) is 4. The molecule has 1 aliphatic rings. The van der Waals surface area contributed by atoms with Crippen LogP contribution in [0.5, 0.6) is 0 Å². The van der Waals surface area contributed by atoms with E-state index in [2.05, 4.69) is 0 Å². The van der Waals surface area contributed by atoms with Crippen molar-refractivity contribution < 1.29 is 14.3 Å². The maximum absolute atomic E-state index is 12.5. The van der Waals surface area contributed by atoms with Crippen molar-refractivity contribution in [3.63, 3.8) is 0 Å². The van der Waals surface area contributed by atoms with E-state index in [1.165, 1.54) is 18.2 Å². The van der Waals surface area contributed by atoms with E-state index in [1.807, 2.05) is 31.2 Å². The molecule has 1 atom stereocenters. The number of hydrogen-bond donors (Lipinski definition) is 1. The van der Waals surface area contributed by atoms with Gasteiger partial charge >= 0.3 is 5.97 Å². The largest absolute Gasteiger partial charge is 0.452 e. The Labute approximate surface area is 145 Å². The molecule has 1 heterocycles. The van der Waals surface area contributed by atoms with Crippen molar-refractivity contribution in [2.24, 2.45) is 0 Å². The molecule has 3 rings (SSSR count). The van der Waals surface area contributed by atoms with Gasteiger partial charge < -0.3 is 15.4 Å². The normalized spacial score (nSPS) is 15.9. The fourth-order valence-corrected chi connectivity index (χ4v) is 3.01. The van der Waals surface area contributed by atoms with Crippen molar-refractivity contribution >= 4 is 34.9 Å². The highest BCUT2D eigenvalue weighted by Gasteiger charge is 2.31. The van der Waals surface area contributed by atoms with Gasteiger partial charge in [0.1, 0.15) is 0 Å². The van der Waals surface area contributed by atoms with Crippen LogP contribution in [-0.4, -0.2) is 24.5 Å². The molecule has 0 aromatic heterocycles. The minimum absolute atomic E-state index is 0.0415. The standard InChI is InChI=1S/C18H17ClN2O3/c1-11-8-12-4-2-3-5-16(12)21(11)17(22)10-24-18(23)13-6-7-14(19)15(20)9-13/h2-7,9,11H,8,10,20H2,1H3/t11-/m0/s1. The molecule has 24 heavy (non-hydrogen) atoms. The van der Waals surface area contributed by atoms with Gasteiger partial charge in [-0.1, -0.05) is 29.8 Å². The van der Waals surface area contributed by atoms with E-state index in [9.17, 15) is 9.59 Å². The van der Waals surface area contributed by atoms with Crippen LogP contribution in [0.3, 0.4) is 0 Å². The Kier molecular flexibility index (Phi) is 4.44. The van der Waals surface area contributed by atoms with Crippen molar-refractivity contribution in [1.29, 1.82) is 0 Å². The molecule has 0 radical (unpaired) electrons. The Morgan fingerprint density at radius 1 is 1.29 bits per heavy atom. The molecular weight excluding hydrogens is 328 g/mol. The lowest BCUT2D eigenvalue weighted by molar-refractivity contribution is -0.122. The summed E-state index contributed by atoms with van der Waals surface area (Å²) in [6.07, 6.45) is 0.795. The quantitative estimate of drug-likeness (QED) is 0.686. The van der Waals surface area contributed by atoms with E-state index in [4.69, 9.17) is 22.1 Å². The van der Waals surface area contributed by atoms with Crippen LogP contribution in [0, 0.1) is 0 Å². The van der Waals surface area contributed by atoms with Crippen LogP contribution in [0.15, 0.2) is 42.5 Å².